The third-order valence-corrected chi connectivity index (χ3v) is 3.84. The topological polar surface area (TPSA) is 61.7 Å². The van der Waals surface area contributed by atoms with Gasteiger partial charge in [0, 0.05) is 6.54 Å². The fraction of sp³-hybridized carbons (Fsp3) is 0.231. The number of aryl methyl sites for hydroxylation is 2. The monoisotopic (exact) mass is 337 g/mol. The minimum Gasteiger partial charge on any atom is -0.369 e. The minimum absolute atomic E-state index is 0.324. The van der Waals surface area contributed by atoms with Crippen LogP contribution in [-0.2, 0) is 6.54 Å². The first-order chi connectivity index (χ1) is 9.52. The van der Waals surface area contributed by atoms with Crippen LogP contribution < -0.4 is 5.73 Å². The van der Waals surface area contributed by atoms with Crippen molar-refractivity contribution >= 4 is 33.0 Å². The number of aromatic nitrogens is 4. The van der Waals surface area contributed by atoms with Gasteiger partial charge in [-0.1, -0.05) is 0 Å². The summed E-state index contributed by atoms with van der Waals surface area (Å²) in [5.74, 6) is -0.0209. The molecule has 0 aliphatic carbocycles. The van der Waals surface area contributed by atoms with Crippen LogP contribution in [0, 0.1) is 12.7 Å². The smallest absolute Gasteiger partial charge is 0.207 e. The first kappa shape index (κ1) is 13.1. The largest absolute Gasteiger partial charge is 0.369 e. The zero-order chi connectivity index (χ0) is 14.4. The number of nitrogens with zero attached hydrogens (tertiary/aromatic N) is 4. The fourth-order valence-electron chi connectivity index (χ4n) is 2.28. The number of anilines is 1. The van der Waals surface area contributed by atoms with Crippen molar-refractivity contribution in [2.75, 3.05) is 5.73 Å². The molecule has 0 saturated carbocycles. The van der Waals surface area contributed by atoms with Gasteiger partial charge in [-0.05, 0) is 48.0 Å². The molecule has 0 saturated heterocycles. The Kier molecular flexibility index (Phi) is 3.01. The zero-order valence-electron chi connectivity index (χ0n) is 11.1. The SMILES string of the molecule is CCn1nc(C)c2nc(N)n(-c3ccc(Br)c(F)c3)c21. The molecule has 1 aromatic carbocycles. The van der Waals surface area contributed by atoms with Gasteiger partial charge in [0.05, 0.1) is 15.9 Å². The molecular weight excluding hydrogens is 325 g/mol. The normalized spacial score (nSPS) is 11.4. The molecular formula is C13H13BrFN5. The molecule has 7 heteroatoms. The molecule has 0 spiro atoms. The summed E-state index contributed by atoms with van der Waals surface area (Å²) in [5.41, 5.74) is 8.95. The quantitative estimate of drug-likeness (QED) is 0.781. The predicted molar refractivity (Wildman–Crippen MR) is 79.3 cm³/mol. The summed E-state index contributed by atoms with van der Waals surface area (Å²) in [6, 6.07) is 4.85. The average molecular weight is 338 g/mol. The molecule has 0 amide bonds. The van der Waals surface area contributed by atoms with Crippen LogP contribution in [0.1, 0.15) is 12.6 Å². The Hall–Kier alpha value is -1.89. The first-order valence-electron chi connectivity index (χ1n) is 6.19. The summed E-state index contributed by atoms with van der Waals surface area (Å²) in [6.07, 6.45) is 0. The van der Waals surface area contributed by atoms with Crippen molar-refractivity contribution in [3.05, 3.63) is 34.2 Å². The molecule has 0 unspecified atom stereocenters. The van der Waals surface area contributed by atoms with Crippen LogP contribution >= 0.6 is 15.9 Å². The lowest BCUT2D eigenvalue weighted by Gasteiger charge is -2.08. The van der Waals surface area contributed by atoms with Crippen LogP contribution in [0.25, 0.3) is 16.9 Å². The summed E-state index contributed by atoms with van der Waals surface area (Å²) < 4.78 is 17.7. The van der Waals surface area contributed by atoms with Crippen LogP contribution in [0.2, 0.25) is 0 Å². The molecule has 0 fully saturated rings. The maximum atomic E-state index is 13.7. The Morgan fingerprint density at radius 2 is 2.15 bits per heavy atom. The highest BCUT2D eigenvalue weighted by molar-refractivity contribution is 9.10. The number of hydrogen-bond donors (Lipinski definition) is 1. The number of benzene rings is 1. The number of fused-ring (bicyclic) bond motifs is 1. The lowest BCUT2D eigenvalue weighted by Crippen LogP contribution is -2.06. The molecule has 0 atom stereocenters. The summed E-state index contributed by atoms with van der Waals surface area (Å²) in [5, 5.41) is 4.41. The van der Waals surface area contributed by atoms with Crippen molar-refractivity contribution in [1.82, 2.24) is 19.3 Å². The van der Waals surface area contributed by atoms with Gasteiger partial charge in [-0.2, -0.15) is 5.10 Å². The van der Waals surface area contributed by atoms with E-state index in [1.54, 1.807) is 16.7 Å². The lowest BCUT2D eigenvalue weighted by atomic mass is 10.3. The van der Waals surface area contributed by atoms with Crippen molar-refractivity contribution in [1.29, 1.82) is 0 Å². The minimum atomic E-state index is -0.344. The molecule has 20 heavy (non-hydrogen) atoms. The molecule has 2 N–H and O–H groups in total. The van der Waals surface area contributed by atoms with Gasteiger partial charge in [0.15, 0.2) is 5.65 Å². The summed E-state index contributed by atoms with van der Waals surface area (Å²) in [4.78, 5) is 4.33. The van der Waals surface area contributed by atoms with E-state index < -0.39 is 0 Å². The van der Waals surface area contributed by atoms with E-state index in [2.05, 4.69) is 26.0 Å². The number of nitrogens with two attached hydrogens (primary N) is 1. The van der Waals surface area contributed by atoms with Crippen LogP contribution in [0.15, 0.2) is 22.7 Å². The van der Waals surface area contributed by atoms with Gasteiger partial charge in [0.2, 0.25) is 5.95 Å². The molecule has 3 rings (SSSR count). The Bertz CT molecular complexity index is 805. The second-order valence-electron chi connectivity index (χ2n) is 4.48. The first-order valence-corrected chi connectivity index (χ1v) is 6.99. The summed E-state index contributed by atoms with van der Waals surface area (Å²) in [7, 11) is 0. The third kappa shape index (κ3) is 1.81. The van der Waals surface area contributed by atoms with E-state index in [0.717, 1.165) is 16.9 Å². The Morgan fingerprint density at radius 1 is 1.40 bits per heavy atom. The van der Waals surface area contributed by atoms with Crippen LogP contribution in [0.4, 0.5) is 10.3 Å². The second-order valence-corrected chi connectivity index (χ2v) is 5.33. The second kappa shape index (κ2) is 4.59. The van der Waals surface area contributed by atoms with Gasteiger partial charge < -0.3 is 5.73 Å². The van der Waals surface area contributed by atoms with Gasteiger partial charge in [-0.25, -0.2) is 14.1 Å². The highest BCUT2D eigenvalue weighted by Crippen LogP contribution is 2.27. The van der Waals surface area contributed by atoms with Crippen LogP contribution in [0.3, 0.4) is 0 Å². The number of hydrogen-bond acceptors (Lipinski definition) is 3. The number of nitrogen functional groups attached to an aromatic ring is 1. The van der Waals surface area contributed by atoms with E-state index in [9.17, 15) is 4.39 Å². The number of halogens is 2. The third-order valence-electron chi connectivity index (χ3n) is 3.20. The molecule has 5 nitrogen and oxygen atoms in total. The van der Waals surface area contributed by atoms with E-state index in [1.165, 1.54) is 6.07 Å². The zero-order valence-corrected chi connectivity index (χ0v) is 12.6. The van der Waals surface area contributed by atoms with Gasteiger partial charge in [0.25, 0.3) is 0 Å². The molecule has 104 valence electrons. The molecule has 0 aliphatic heterocycles. The highest BCUT2D eigenvalue weighted by atomic mass is 79.9. The van der Waals surface area contributed by atoms with E-state index in [1.807, 2.05) is 18.5 Å². The Labute approximate surface area is 123 Å². The maximum Gasteiger partial charge on any atom is 0.207 e. The lowest BCUT2D eigenvalue weighted by molar-refractivity contribution is 0.619. The molecule has 0 bridgehead atoms. The molecule has 0 aliphatic rings. The standard InChI is InChI=1S/C13H13BrFN5/c1-3-19-12-11(7(2)18-19)17-13(16)20(12)8-4-5-9(14)10(15)6-8/h4-6H,3H2,1-2H3,(H2,16,17). The molecule has 2 heterocycles. The van der Waals surface area contributed by atoms with E-state index in [4.69, 9.17) is 5.73 Å². The van der Waals surface area contributed by atoms with E-state index in [0.29, 0.717) is 22.7 Å². The molecule has 3 aromatic rings. The van der Waals surface area contributed by atoms with Crippen LogP contribution in [-0.4, -0.2) is 19.3 Å². The number of imidazole rings is 1. The van der Waals surface area contributed by atoms with Crippen molar-refractivity contribution in [2.24, 2.45) is 0 Å². The molecule has 2 aromatic heterocycles. The Balaban J connectivity index is 2.34. The van der Waals surface area contributed by atoms with Gasteiger partial charge >= 0.3 is 0 Å². The van der Waals surface area contributed by atoms with Crippen molar-refractivity contribution in [3.8, 4) is 5.69 Å². The number of rotatable bonds is 2. The van der Waals surface area contributed by atoms with Crippen molar-refractivity contribution in [2.45, 2.75) is 20.4 Å². The van der Waals surface area contributed by atoms with Crippen molar-refractivity contribution < 1.29 is 4.39 Å². The predicted octanol–water partition coefficient (Wildman–Crippen LogP) is 3.03. The summed E-state index contributed by atoms with van der Waals surface area (Å²) >= 11 is 3.14. The Morgan fingerprint density at radius 3 is 2.80 bits per heavy atom. The van der Waals surface area contributed by atoms with E-state index >= 15 is 0 Å². The van der Waals surface area contributed by atoms with Gasteiger partial charge in [-0.15, -0.1) is 0 Å². The van der Waals surface area contributed by atoms with E-state index in [-0.39, 0.29) is 5.82 Å². The highest BCUT2D eigenvalue weighted by Gasteiger charge is 2.18. The molecule has 0 radical (unpaired) electrons. The fourth-order valence-corrected chi connectivity index (χ4v) is 2.53. The van der Waals surface area contributed by atoms with Crippen molar-refractivity contribution in [3.63, 3.8) is 0 Å². The van der Waals surface area contributed by atoms with Gasteiger partial charge in [-0.3, -0.25) is 4.57 Å². The average Bonchev–Trinajstić information content (AvgIpc) is 2.90. The maximum absolute atomic E-state index is 13.7. The van der Waals surface area contributed by atoms with Crippen LogP contribution in [0.5, 0.6) is 0 Å². The van der Waals surface area contributed by atoms with Gasteiger partial charge in [0.1, 0.15) is 11.3 Å². The summed E-state index contributed by atoms with van der Waals surface area (Å²) in [6.45, 7) is 4.56.